The Kier molecular flexibility index (Phi) is 5.88. The zero-order valence-electron chi connectivity index (χ0n) is 14.5. The van der Waals surface area contributed by atoms with Crippen LogP contribution in [0.4, 0.5) is 0 Å². The van der Waals surface area contributed by atoms with E-state index in [1.807, 2.05) is 41.7 Å². The number of piperazine rings is 1. The average Bonchev–Trinajstić information content (AvgIpc) is 2.68. The molecule has 1 amide bonds. The monoisotopic (exact) mass is 358 g/mol. The van der Waals surface area contributed by atoms with E-state index in [9.17, 15) is 4.79 Å². The van der Waals surface area contributed by atoms with Gasteiger partial charge >= 0.3 is 0 Å². The molecule has 0 bridgehead atoms. The minimum atomic E-state index is 0.0613. The van der Waals surface area contributed by atoms with Crippen LogP contribution in [0.1, 0.15) is 15.9 Å². The van der Waals surface area contributed by atoms with E-state index in [0.29, 0.717) is 11.3 Å². The second kappa shape index (κ2) is 8.31. The summed E-state index contributed by atoms with van der Waals surface area (Å²) in [5, 5.41) is 0.789. The summed E-state index contributed by atoms with van der Waals surface area (Å²) in [5.74, 6) is 0.768. The summed E-state index contributed by atoms with van der Waals surface area (Å²) >= 11 is 1.54. The van der Waals surface area contributed by atoms with Gasteiger partial charge in [-0.1, -0.05) is 17.8 Å². The van der Waals surface area contributed by atoms with Gasteiger partial charge in [-0.3, -0.25) is 9.69 Å². The lowest BCUT2D eigenvalue weighted by Crippen LogP contribution is -2.48. The summed E-state index contributed by atoms with van der Waals surface area (Å²) in [7, 11) is 1.61. The Morgan fingerprint density at radius 2 is 1.92 bits per heavy atom. The molecule has 1 aliphatic rings. The number of aromatic nitrogens is 2. The molecule has 2 aromatic rings. The number of amides is 1. The maximum Gasteiger partial charge on any atom is 0.254 e. The molecule has 1 aromatic carbocycles. The second-order valence-electron chi connectivity index (χ2n) is 5.88. The number of rotatable bonds is 5. The molecule has 1 saturated heterocycles. The van der Waals surface area contributed by atoms with E-state index in [0.717, 1.165) is 43.4 Å². The first-order valence-corrected chi connectivity index (χ1v) is 9.42. The summed E-state index contributed by atoms with van der Waals surface area (Å²) in [6.45, 7) is 3.95. The number of carbonyl (C=O) groups is 1. The maximum absolute atomic E-state index is 12.6. The van der Waals surface area contributed by atoms with Crippen molar-refractivity contribution >= 4 is 17.7 Å². The number of ether oxygens (including phenoxy) is 1. The van der Waals surface area contributed by atoms with Crippen LogP contribution >= 0.6 is 11.8 Å². The van der Waals surface area contributed by atoms with Gasteiger partial charge in [0.2, 0.25) is 0 Å². The van der Waals surface area contributed by atoms with E-state index < -0.39 is 0 Å². The van der Waals surface area contributed by atoms with Crippen molar-refractivity contribution in [3.05, 3.63) is 47.8 Å². The van der Waals surface area contributed by atoms with Crippen molar-refractivity contribution < 1.29 is 9.53 Å². The topological polar surface area (TPSA) is 58.6 Å². The second-order valence-corrected chi connectivity index (χ2v) is 6.65. The van der Waals surface area contributed by atoms with Crippen LogP contribution in [0, 0.1) is 0 Å². The molecular weight excluding hydrogens is 336 g/mol. The first-order chi connectivity index (χ1) is 12.2. The highest BCUT2D eigenvalue weighted by molar-refractivity contribution is 7.98. The third-order valence-corrected chi connectivity index (χ3v) is 4.82. The van der Waals surface area contributed by atoms with Crippen molar-refractivity contribution in [2.75, 3.05) is 39.5 Å². The van der Waals surface area contributed by atoms with Gasteiger partial charge in [0.05, 0.1) is 7.11 Å². The van der Waals surface area contributed by atoms with Crippen LogP contribution in [0.15, 0.2) is 41.8 Å². The van der Waals surface area contributed by atoms with E-state index in [1.54, 1.807) is 13.2 Å². The molecule has 6 nitrogen and oxygen atoms in total. The van der Waals surface area contributed by atoms with Crippen molar-refractivity contribution in [1.82, 2.24) is 19.8 Å². The fourth-order valence-electron chi connectivity index (χ4n) is 2.84. The van der Waals surface area contributed by atoms with Crippen LogP contribution in [0.5, 0.6) is 5.75 Å². The van der Waals surface area contributed by atoms with Crippen LogP contribution in [0.3, 0.4) is 0 Å². The highest BCUT2D eigenvalue weighted by Crippen LogP contribution is 2.16. The summed E-state index contributed by atoms with van der Waals surface area (Å²) in [5.41, 5.74) is 1.78. The van der Waals surface area contributed by atoms with E-state index in [2.05, 4.69) is 14.9 Å². The molecule has 25 heavy (non-hydrogen) atoms. The van der Waals surface area contributed by atoms with Crippen LogP contribution in [0.2, 0.25) is 0 Å². The fraction of sp³-hybridized carbons (Fsp3) is 0.389. The quantitative estimate of drug-likeness (QED) is 0.603. The zero-order valence-corrected chi connectivity index (χ0v) is 15.3. The summed E-state index contributed by atoms with van der Waals surface area (Å²) in [6, 6.07) is 7.32. The number of hydrogen-bond acceptors (Lipinski definition) is 6. The zero-order chi connectivity index (χ0) is 17.6. The SMILES string of the molecule is COc1cccc(C(=O)N2CCN(Cc3cnc(SC)nc3)CC2)c1. The lowest BCUT2D eigenvalue weighted by atomic mass is 10.1. The molecule has 0 N–H and O–H groups in total. The Hall–Kier alpha value is -2.12. The number of benzene rings is 1. The normalized spacial score (nSPS) is 15.2. The number of carbonyl (C=O) groups excluding carboxylic acids is 1. The number of methoxy groups -OCH3 is 1. The van der Waals surface area contributed by atoms with Crippen molar-refractivity contribution in [1.29, 1.82) is 0 Å². The largest absolute Gasteiger partial charge is 0.497 e. The van der Waals surface area contributed by atoms with E-state index >= 15 is 0 Å². The van der Waals surface area contributed by atoms with Gasteiger partial charge in [0.1, 0.15) is 5.75 Å². The molecule has 132 valence electrons. The van der Waals surface area contributed by atoms with Crippen LogP contribution < -0.4 is 4.74 Å². The number of thioether (sulfide) groups is 1. The first-order valence-electron chi connectivity index (χ1n) is 8.20. The van der Waals surface area contributed by atoms with E-state index in [4.69, 9.17) is 4.74 Å². The molecule has 1 aromatic heterocycles. The van der Waals surface area contributed by atoms with Crippen molar-refractivity contribution in [3.63, 3.8) is 0 Å². The van der Waals surface area contributed by atoms with Gasteiger partial charge in [-0.15, -0.1) is 0 Å². The molecule has 2 heterocycles. The molecule has 0 spiro atoms. The summed E-state index contributed by atoms with van der Waals surface area (Å²) in [6.07, 6.45) is 5.73. The summed E-state index contributed by atoms with van der Waals surface area (Å²) < 4.78 is 5.20. The lowest BCUT2D eigenvalue weighted by Gasteiger charge is -2.34. The van der Waals surface area contributed by atoms with Gasteiger partial charge in [-0.05, 0) is 24.5 Å². The Morgan fingerprint density at radius 3 is 2.56 bits per heavy atom. The molecule has 0 radical (unpaired) electrons. The molecule has 0 unspecified atom stereocenters. The highest BCUT2D eigenvalue weighted by Gasteiger charge is 2.22. The predicted molar refractivity (Wildman–Crippen MR) is 98.0 cm³/mol. The summed E-state index contributed by atoms with van der Waals surface area (Å²) in [4.78, 5) is 25.5. The predicted octanol–water partition coefficient (Wildman–Crippen LogP) is 2.17. The third-order valence-electron chi connectivity index (χ3n) is 4.25. The number of hydrogen-bond donors (Lipinski definition) is 0. The van der Waals surface area contributed by atoms with Gasteiger partial charge in [0, 0.05) is 56.2 Å². The standard InChI is InChI=1S/C18H22N4O2S/c1-24-16-5-3-4-15(10-16)17(23)22-8-6-21(7-9-22)13-14-11-19-18(25-2)20-12-14/h3-5,10-12H,6-9,13H2,1-2H3. The Balaban J connectivity index is 1.54. The number of nitrogens with zero attached hydrogens (tertiary/aromatic N) is 4. The van der Waals surface area contributed by atoms with Gasteiger partial charge in [-0.25, -0.2) is 9.97 Å². The molecule has 1 fully saturated rings. The first kappa shape index (κ1) is 17.7. The van der Waals surface area contributed by atoms with Crippen molar-refractivity contribution in [2.45, 2.75) is 11.7 Å². The molecule has 7 heteroatoms. The van der Waals surface area contributed by atoms with Crippen molar-refractivity contribution in [2.24, 2.45) is 0 Å². The fourth-order valence-corrected chi connectivity index (χ4v) is 3.15. The van der Waals surface area contributed by atoms with Gasteiger partial charge in [0.25, 0.3) is 5.91 Å². The molecule has 0 atom stereocenters. The van der Waals surface area contributed by atoms with Crippen molar-refractivity contribution in [3.8, 4) is 5.75 Å². The Labute approximate surface area is 152 Å². The van der Waals surface area contributed by atoms with Gasteiger partial charge < -0.3 is 9.64 Å². The average molecular weight is 358 g/mol. The lowest BCUT2D eigenvalue weighted by molar-refractivity contribution is 0.0628. The van der Waals surface area contributed by atoms with E-state index in [1.165, 1.54) is 11.8 Å². The molecule has 1 aliphatic heterocycles. The van der Waals surface area contributed by atoms with Gasteiger partial charge in [-0.2, -0.15) is 0 Å². The Morgan fingerprint density at radius 1 is 1.20 bits per heavy atom. The maximum atomic E-state index is 12.6. The molecular formula is C18H22N4O2S. The van der Waals surface area contributed by atoms with E-state index in [-0.39, 0.29) is 5.91 Å². The highest BCUT2D eigenvalue weighted by atomic mass is 32.2. The minimum Gasteiger partial charge on any atom is -0.497 e. The van der Waals surface area contributed by atoms with Gasteiger partial charge in [0.15, 0.2) is 5.16 Å². The van der Waals surface area contributed by atoms with Crippen LogP contribution in [0.25, 0.3) is 0 Å². The molecule has 0 aliphatic carbocycles. The molecule has 0 saturated carbocycles. The van der Waals surface area contributed by atoms with Crippen LogP contribution in [-0.2, 0) is 6.54 Å². The Bertz CT molecular complexity index is 715. The minimum absolute atomic E-state index is 0.0613. The molecule has 3 rings (SSSR count). The smallest absolute Gasteiger partial charge is 0.254 e. The third kappa shape index (κ3) is 4.49. The van der Waals surface area contributed by atoms with Crippen LogP contribution in [-0.4, -0.2) is 65.2 Å².